The van der Waals surface area contributed by atoms with Crippen LogP contribution in [0.4, 0.5) is 5.69 Å². The number of amides is 4. The molecule has 4 amide bonds. The Balaban J connectivity index is 1.72. The van der Waals surface area contributed by atoms with Gasteiger partial charge in [-0.15, -0.1) is 11.8 Å². The minimum absolute atomic E-state index is 0.0359. The van der Waals surface area contributed by atoms with E-state index in [0.29, 0.717) is 24.3 Å². The van der Waals surface area contributed by atoms with E-state index in [1.54, 1.807) is 6.92 Å². The lowest BCUT2D eigenvalue weighted by Crippen LogP contribution is -2.55. The second-order valence-corrected chi connectivity index (χ2v) is 10.5. The van der Waals surface area contributed by atoms with E-state index in [1.165, 1.54) is 40.9 Å². The molecule has 0 spiro atoms. The molecule has 0 radical (unpaired) electrons. The van der Waals surface area contributed by atoms with Crippen LogP contribution in [0, 0.1) is 10.1 Å². The highest BCUT2D eigenvalue weighted by Crippen LogP contribution is 2.17. The van der Waals surface area contributed by atoms with Gasteiger partial charge in [0.05, 0.1) is 16.7 Å². The summed E-state index contributed by atoms with van der Waals surface area (Å²) in [6, 6.07) is 12.9. The lowest BCUT2D eigenvalue weighted by Gasteiger charge is -2.30. The van der Waals surface area contributed by atoms with Crippen molar-refractivity contribution >= 4 is 41.1 Å². The summed E-state index contributed by atoms with van der Waals surface area (Å²) in [4.78, 5) is 62.9. The molecule has 38 heavy (non-hydrogen) atoms. The molecule has 1 heterocycles. The van der Waals surface area contributed by atoms with Gasteiger partial charge in [-0.1, -0.05) is 42.5 Å². The van der Waals surface area contributed by atoms with Crippen LogP contribution in [0.3, 0.4) is 0 Å². The summed E-state index contributed by atoms with van der Waals surface area (Å²) >= 11 is 1.48. The molecule has 11 nitrogen and oxygen atoms in total. The van der Waals surface area contributed by atoms with Gasteiger partial charge in [0.1, 0.15) is 12.1 Å². The highest BCUT2D eigenvalue weighted by Gasteiger charge is 2.31. The molecule has 2 aromatic carbocycles. The van der Waals surface area contributed by atoms with Crippen molar-refractivity contribution < 1.29 is 24.1 Å². The van der Waals surface area contributed by atoms with Gasteiger partial charge in [0.2, 0.25) is 23.6 Å². The zero-order valence-corrected chi connectivity index (χ0v) is 21.8. The van der Waals surface area contributed by atoms with Gasteiger partial charge in [0, 0.05) is 31.5 Å². The predicted octanol–water partition coefficient (Wildman–Crippen LogP) is 1.19. The smallest absolute Gasteiger partial charge is 0.269 e. The van der Waals surface area contributed by atoms with Gasteiger partial charge in [-0.05, 0) is 30.2 Å². The summed E-state index contributed by atoms with van der Waals surface area (Å²) in [5.74, 6) is -1.35. The standard InChI is InChI=1S/C26H31N5O6S/c1-17-25(34)29-22(15-18-6-3-2-4-7-18)26(35)30(12-5-13-38-17)16-23(32)28-21(24(27)33)14-19-8-10-20(11-9-19)31(36)37/h2-4,6-11,17,21-22H,5,12-16H2,1H3,(H2,27,33)(H,28,32)(H,29,34)/t17-,21+,22+/m1/s1. The molecule has 202 valence electrons. The summed E-state index contributed by atoms with van der Waals surface area (Å²) in [6.07, 6.45) is 0.889. The van der Waals surface area contributed by atoms with Crippen molar-refractivity contribution in [3.63, 3.8) is 0 Å². The highest BCUT2D eigenvalue weighted by atomic mass is 32.2. The van der Waals surface area contributed by atoms with Crippen LogP contribution < -0.4 is 16.4 Å². The average Bonchev–Trinajstić information content (AvgIpc) is 2.89. The van der Waals surface area contributed by atoms with Crippen LogP contribution >= 0.6 is 11.8 Å². The number of carbonyl (C=O) groups excluding carboxylic acids is 4. The van der Waals surface area contributed by atoms with E-state index in [1.807, 2.05) is 30.3 Å². The number of nitrogens with two attached hydrogens (primary N) is 1. The molecule has 0 aliphatic carbocycles. The third-order valence-corrected chi connectivity index (χ3v) is 7.36. The fraction of sp³-hybridized carbons (Fsp3) is 0.385. The Labute approximate surface area is 224 Å². The van der Waals surface area contributed by atoms with E-state index in [2.05, 4.69) is 10.6 Å². The van der Waals surface area contributed by atoms with Gasteiger partial charge < -0.3 is 21.3 Å². The SMILES string of the molecule is C[C@H]1SCCCN(CC(=O)N[C@@H](Cc2ccc([N+](=O)[O-])cc2)C(N)=O)C(=O)[C@H](Cc2ccccc2)NC1=O. The van der Waals surface area contributed by atoms with Crippen molar-refractivity contribution in [1.29, 1.82) is 0 Å². The first-order chi connectivity index (χ1) is 18.1. The van der Waals surface area contributed by atoms with Crippen molar-refractivity contribution in [2.45, 2.75) is 43.5 Å². The Kier molecular flexibility index (Phi) is 10.2. The summed E-state index contributed by atoms with van der Waals surface area (Å²) < 4.78 is 0. The molecule has 1 aliphatic heterocycles. The second-order valence-electron chi connectivity index (χ2n) is 9.03. The maximum Gasteiger partial charge on any atom is 0.269 e. The molecule has 4 N–H and O–H groups in total. The number of carbonyl (C=O) groups is 4. The Bertz CT molecular complexity index is 1160. The Morgan fingerprint density at radius 1 is 1.16 bits per heavy atom. The normalized spacial score (nSPS) is 19.2. The van der Waals surface area contributed by atoms with Gasteiger partial charge in [-0.2, -0.15) is 0 Å². The number of rotatable bonds is 9. The second kappa shape index (κ2) is 13.6. The molecule has 0 unspecified atom stereocenters. The third kappa shape index (κ3) is 8.30. The number of thioether (sulfide) groups is 1. The molecule has 3 atom stereocenters. The van der Waals surface area contributed by atoms with E-state index in [0.717, 1.165) is 5.56 Å². The quantitative estimate of drug-likeness (QED) is 0.317. The van der Waals surface area contributed by atoms with Crippen LogP contribution in [0.5, 0.6) is 0 Å². The van der Waals surface area contributed by atoms with E-state index in [4.69, 9.17) is 5.73 Å². The summed E-state index contributed by atoms with van der Waals surface area (Å²) in [6.45, 7) is 1.78. The highest BCUT2D eigenvalue weighted by molar-refractivity contribution is 8.00. The molecule has 0 bridgehead atoms. The number of nitro groups is 1. The third-order valence-electron chi connectivity index (χ3n) is 6.12. The molecule has 0 aromatic heterocycles. The summed E-state index contributed by atoms with van der Waals surface area (Å²) in [5, 5.41) is 16.0. The number of nitro benzene ring substituents is 1. The summed E-state index contributed by atoms with van der Waals surface area (Å²) in [7, 11) is 0. The Morgan fingerprint density at radius 2 is 1.84 bits per heavy atom. The topological polar surface area (TPSA) is 165 Å². The van der Waals surface area contributed by atoms with Gasteiger partial charge in [-0.3, -0.25) is 29.3 Å². The van der Waals surface area contributed by atoms with Crippen molar-refractivity contribution in [2.24, 2.45) is 5.73 Å². The molecule has 12 heteroatoms. The predicted molar refractivity (Wildman–Crippen MR) is 143 cm³/mol. The van der Waals surface area contributed by atoms with Crippen LogP contribution in [-0.4, -0.2) is 69.6 Å². The maximum absolute atomic E-state index is 13.5. The molecule has 1 saturated heterocycles. The molecular formula is C26H31N5O6S. The largest absolute Gasteiger partial charge is 0.368 e. The van der Waals surface area contributed by atoms with Gasteiger partial charge >= 0.3 is 0 Å². The molecule has 1 aliphatic rings. The monoisotopic (exact) mass is 541 g/mol. The van der Waals surface area contributed by atoms with E-state index < -0.39 is 28.8 Å². The molecule has 2 aromatic rings. The van der Waals surface area contributed by atoms with Crippen molar-refractivity contribution in [2.75, 3.05) is 18.8 Å². The van der Waals surface area contributed by atoms with Gasteiger partial charge in [-0.25, -0.2) is 0 Å². The van der Waals surface area contributed by atoms with Gasteiger partial charge in [0.15, 0.2) is 0 Å². The first-order valence-electron chi connectivity index (χ1n) is 12.2. The number of primary amides is 1. The Morgan fingerprint density at radius 3 is 2.47 bits per heavy atom. The first kappa shape index (κ1) is 28.6. The van der Waals surface area contributed by atoms with Crippen molar-refractivity contribution in [3.8, 4) is 0 Å². The first-order valence-corrected chi connectivity index (χ1v) is 13.3. The summed E-state index contributed by atoms with van der Waals surface area (Å²) in [5.41, 5.74) is 6.84. The number of hydrogen-bond acceptors (Lipinski definition) is 7. The molecular weight excluding hydrogens is 510 g/mol. The number of hydrogen-bond donors (Lipinski definition) is 3. The maximum atomic E-state index is 13.5. The molecule has 1 fully saturated rings. The van der Waals surface area contributed by atoms with Crippen LogP contribution in [0.25, 0.3) is 0 Å². The van der Waals surface area contributed by atoms with Crippen molar-refractivity contribution in [1.82, 2.24) is 15.5 Å². The fourth-order valence-corrected chi connectivity index (χ4v) is 4.91. The number of nitrogens with one attached hydrogen (secondary N) is 2. The van der Waals surface area contributed by atoms with Crippen LogP contribution in [0.1, 0.15) is 24.5 Å². The van der Waals surface area contributed by atoms with Crippen LogP contribution in [0.2, 0.25) is 0 Å². The van der Waals surface area contributed by atoms with E-state index in [-0.39, 0.29) is 42.1 Å². The zero-order chi connectivity index (χ0) is 27.7. The zero-order valence-electron chi connectivity index (χ0n) is 21.0. The van der Waals surface area contributed by atoms with Crippen molar-refractivity contribution in [3.05, 3.63) is 75.8 Å². The Hall–Kier alpha value is -3.93. The van der Waals surface area contributed by atoms with E-state index in [9.17, 15) is 29.3 Å². The van der Waals surface area contributed by atoms with Crippen LogP contribution in [-0.2, 0) is 32.0 Å². The average molecular weight is 542 g/mol. The lowest BCUT2D eigenvalue weighted by atomic mass is 10.0. The van der Waals surface area contributed by atoms with Gasteiger partial charge in [0.25, 0.3) is 5.69 Å². The lowest BCUT2D eigenvalue weighted by molar-refractivity contribution is -0.384. The number of nitrogens with zero attached hydrogens (tertiary/aromatic N) is 2. The van der Waals surface area contributed by atoms with Crippen LogP contribution in [0.15, 0.2) is 54.6 Å². The van der Waals surface area contributed by atoms with E-state index >= 15 is 0 Å². The molecule has 3 rings (SSSR count). The fourth-order valence-electron chi connectivity index (χ4n) is 4.04. The minimum Gasteiger partial charge on any atom is -0.368 e. The minimum atomic E-state index is -1.07. The number of non-ortho nitro benzene ring substituents is 1. The molecule has 0 saturated carbocycles. The number of benzene rings is 2.